The maximum atomic E-state index is 15.3. The largest absolute Gasteiger partial charge is 0.490 e. The zero-order valence-corrected chi connectivity index (χ0v) is 20.5. The predicted octanol–water partition coefficient (Wildman–Crippen LogP) is 4.16. The lowest BCUT2D eigenvalue weighted by molar-refractivity contribution is -0.136. The van der Waals surface area contributed by atoms with E-state index in [1.54, 1.807) is 4.90 Å². The number of fused-ring (bicyclic) bond motifs is 3. The fourth-order valence-electron chi connectivity index (χ4n) is 5.95. The van der Waals surface area contributed by atoms with Crippen LogP contribution >= 0.6 is 0 Å². The van der Waals surface area contributed by atoms with Gasteiger partial charge in [-0.2, -0.15) is 0 Å². The number of halogens is 3. The van der Waals surface area contributed by atoms with E-state index < -0.39 is 38.8 Å². The lowest BCUT2D eigenvalue weighted by Gasteiger charge is -2.49. The van der Waals surface area contributed by atoms with Crippen molar-refractivity contribution in [2.24, 2.45) is 11.8 Å². The summed E-state index contributed by atoms with van der Waals surface area (Å²) < 4.78 is 80.7. The highest BCUT2D eigenvalue weighted by atomic mass is 32.2. The molecule has 5 rings (SSSR count). The van der Waals surface area contributed by atoms with E-state index in [1.165, 1.54) is 24.3 Å². The van der Waals surface area contributed by atoms with Crippen LogP contribution in [-0.4, -0.2) is 52.1 Å². The Morgan fingerprint density at radius 2 is 1.75 bits per heavy atom. The van der Waals surface area contributed by atoms with Crippen molar-refractivity contribution >= 4 is 15.7 Å². The molecule has 0 spiro atoms. The lowest BCUT2D eigenvalue weighted by atomic mass is 9.68. The number of ether oxygens (including phenoxy) is 2. The third-order valence-electron chi connectivity index (χ3n) is 7.81. The van der Waals surface area contributed by atoms with E-state index in [-0.39, 0.29) is 47.5 Å². The van der Waals surface area contributed by atoms with Crippen LogP contribution < -0.4 is 4.74 Å². The van der Waals surface area contributed by atoms with Crippen LogP contribution in [0.5, 0.6) is 5.75 Å². The number of benzene rings is 2. The number of carbonyl (C=O) groups excluding carboxylic acids is 1. The first-order valence-corrected chi connectivity index (χ1v) is 13.6. The molecule has 36 heavy (non-hydrogen) atoms. The summed E-state index contributed by atoms with van der Waals surface area (Å²) in [6.45, 7) is 1.14. The summed E-state index contributed by atoms with van der Waals surface area (Å²) in [5, 5.41) is 0. The zero-order chi connectivity index (χ0) is 25.5. The van der Waals surface area contributed by atoms with E-state index in [9.17, 15) is 22.0 Å². The van der Waals surface area contributed by atoms with E-state index in [1.807, 2.05) is 0 Å². The predicted molar refractivity (Wildman–Crippen MR) is 125 cm³/mol. The van der Waals surface area contributed by atoms with Gasteiger partial charge >= 0.3 is 0 Å². The van der Waals surface area contributed by atoms with Crippen LogP contribution in [-0.2, 0) is 30.8 Å². The highest BCUT2D eigenvalue weighted by molar-refractivity contribution is 7.92. The Kier molecular flexibility index (Phi) is 6.76. The number of hydrogen-bond acceptors (Lipinski definition) is 5. The molecule has 2 aliphatic heterocycles. The van der Waals surface area contributed by atoms with Gasteiger partial charge in [0.15, 0.2) is 21.4 Å². The number of nitrogens with zero attached hydrogens (tertiary/aromatic N) is 1. The standard InChI is InChI=1S/C26H28F3NO5S/c27-15-17-1-3-20(4-2-17)36(32,33)26-8-7-18(14-23(31)30-9-11-34-12-10-30)13-19(26)16-35-25-22(29)6-5-21(28)24(25)26/h1-6,18-19H,7-16H2/t18-,19-,26+/m1/s1. The summed E-state index contributed by atoms with van der Waals surface area (Å²) in [5.74, 6) is -2.87. The summed E-state index contributed by atoms with van der Waals surface area (Å²) >= 11 is 0. The normalized spacial score (nSPS) is 26.0. The van der Waals surface area contributed by atoms with Crippen LogP contribution in [0.2, 0.25) is 0 Å². The van der Waals surface area contributed by atoms with Crippen molar-refractivity contribution in [2.75, 3.05) is 32.9 Å². The first kappa shape index (κ1) is 25.1. The quantitative estimate of drug-likeness (QED) is 0.589. The minimum absolute atomic E-state index is 0.0165. The van der Waals surface area contributed by atoms with Crippen molar-refractivity contribution in [3.63, 3.8) is 0 Å². The summed E-state index contributed by atoms with van der Waals surface area (Å²) in [4.78, 5) is 14.5. The second kappa shape index (κ2) is 9.70. The molecule has 2 heterocycles. The molecule has 3 aliphatic rings. The summed E-state index contributed by atoms with van der Waals surface area (Å²) in [5.41, 5.74) is 0.0317. The molecule has 3 atom stereocenters. The molecule has 1 saturated carbocycles. The summed E-state index contributed by atoms with van der Waals surface area (Å²) in [7, 11) is -4.25. The van der Waals surface area contributed by atoms with Crippen molar-refractivity contribution in [3.8, 4) is 5.75 Å². The molecule has 6 nitrogen and oxygen atoms in total. The monoisotopic (exact) mass is 523 g/mol. The van der Waals surface area contributed by atoms with Crippen molar-refractivity contribution < 1.29 is 35.9 Å². The highest BCUT2D eigenvalue weighted by Crippen LogP contribution is 2.57. The second-order valence-corrected chi connectivity index (χ2v) is 12.0. The molecule has 1 amide bonds. The molecule has 0 unspecified atom stereocenters. The number of sulfone groups is 1. The zero-order valence-electron chi connectivity index (χ0n) is 19.7. The molecule has 2 aromatic rings. The smallest absolute Gasteiger partial charge is 0.223 e. The van der Waals surface area contributed by atoms with E-state index in [4.69, 9.17) is 9.47 Å². The Morgan fingerprint density at radius 3 is 2.44 bits per heavy atom. The Balaban J connectivity index is 1.53. The topological polar surface area (TPSA) is 72.9 Å². The van der Waals surface area contributed by atoms with Gasteiger partial charge in [0.2, 0.25) is 5.91 Å². The van der Waals surface area contributed by atoms with Gasteiger partial charge in [0.05, 0.1) is 30.3 Å². The van der Waals surface area contributed by atoms with E-state index in [0.29, 0.717) is 44.7 Å². The van der Waals surface area contributed by atoms with Gasteiger partial charge < -0.3 is 14.4 Å². The van der Waals surface area contributed by atoms with Gasteiger partial charge in [-0.3, -0.25) is 4.79 Å². The van der Waals surface area contributed by atoms with E-state index >= 15 is 4.39 Å². The van der Waals surface area contributed by atoms with Gasteiger partial charge in [0.25, 0.3) is 0 Å². The molecule has 0 aromatic heterocycles. The van der Waals surface area contributed by atoms with E-state index in [0.717, 1.165) is 12.1 Å². The molecule has 2 fully saturated rings. The Hall–Kier alpha value is -2.59. The van der Waals surface area contributed by atoms with Crippen LogP contribution in [0.4, 0.5) is 13.2 Å². The maximum Gasteiger partial charge on any atom is 0.223 e. The number of rotatable bonds is 5. The number of carbonyl (C=O) groups is 1. The first-order valence-electron chi connectivity index (χ1n) is 12.1. The molecule has 0 N–H and O–H groups in total. The van der Waals surface area contributed by atoms with Crippen LogP contribution in [0.1, 0.15) is 36.8 Å². The molecule has 2 aromatic carbocycles. The highest BCUT2D eigenvalue weighted by Gasteiger charge is 2.59. The third kappa shape index (κ3) is 4.08. The third-order valence-corrected chi connectivity index (χ3v) is 10.4. The van der Waals surface area contributed by atoms with Gasteiger partial charge in [-0.25, -0.2) is 21.6 Å². The van der Waals surface area contributed by atoms with Crippen LogP contribution in [0.15, 0.2) is 41.3 Å². The van der Waals surface area contributed by atoms with Gasteiger partial charge in [-0.1, -0.05) is 12.1 Å². The minimum atomic E-state index is -4.25. The minimum Gasteiger partial charge on any atom is -0.490 e. The first-order chi connectivity index (χ1) is 17.3. The van der Waals surface area contributed by atoms with Crippen molar-refractivity contribution in [3.05, 3.63) is 59.2 Å². The van der Waals surface area contributed by atoms with Gasteiger partial charge in [-0.05, 0) is 55.0 Å². The number of amides is 1. The molecule has 1 aliphatic carbocycles. The number of morpholine rings is 1. The maximum absolute atomic E-state index is 15.3. The molecular formula is C26H28F3NO5S. The van der Waals surface area contributed by atoms with Crippen LogP contribution in [0.3, 0.4) is 0 Å². The van der Waals surface area contributed by atoms with Crippen molar-refractivity contribution in [1.82, 2.24) is 4.90 Å². The van der Waals surface area contributed by atoms with Gasteiger partial charge in [0, 0.05) is 25.4 Å². The summed E-state index contributed by atoms with van der Waals surface area (Å²) in [6.07, 6.45) is 0.927. The number of hydrogen-bond donors (Lipinski definition) is 0. The summed E-state index contributed by atoms with van der Waals surface area (Å²) in [6, 6.07) is 7.25. The van der Waals surface area contributed by atoms with E-state index in [2.05, 4.69) is 0 Å². The van der Waals surface area contributed by atoms with Crippen LogP contribution in [0.25, 0.3) is 0 Å². The Labute approximate surface area is 208 Å². The lowest BCUT2D eigenvalue weighted by Crippen LogP contribution is -2.52. The van der Waals surface area contributed by atoms with Gasteiger partial charge in [-0.15, -0.1) is 0 Å². The SMILES string of the molecule is O=C(C[C@@H]1CC[C@@]2(S(=O)(=O)c3ccc(CF)cc3)c3c(F)ccc(F)c3OC[C@H]2C1)N1CCOCC1. The Bertz CT molecular complexity index is 1250. The molecule has 10 heteroatoms. The number of alkyl halides is 1. The van der Waals surface area contributed by atoms with Gasteiger partial charge in [0.1, 0.15) is 17.2 Å². The second-order valence-electron chi connectivity index (χ2n) is 9.75. The fourth-order valence-corrected chi connectivity index (χ4v) is 8.31. The van der Waals surface area contributed by atoms with Crippen LogP contribution in [0, 0.1) is 23.5 Å². The molecule has 194 valence electrons. The Morgan fingerprint density at radius 1 is 1.06 bits per heavy atom. The molecule has 0 bridgehead atoms. The average molecular weight is 524 g/mol. The van der Waals surface area contributed by atoms with Crippen molar-refractivity contribution in [1.29, 1.82) is 0 Å². The van der Waals surface area contributed by atoms with Crippen molar-refractivity contribution in [2.45, 2.75) is 42.0 Å². The molecule has 0 radical (unpaired) electrons. The fraction of sp³-hybridized carbons (Fsp3) is 0.500. The molecule has 1 saturated heterocycles. The average Bonchev–Trinajstić information content (AvgIpc) is 2.90. The molecular weight excluding hydrogens is 495 g/mol.